The Balaban J connectivity index is 2.71. The van der Waals surface area contributed by atoms with Crippen LogP contribution in [0, 0.1) is 0 Å². The smallest absolute Gasteiger partial charge is 0.327 e. The average molecular weight is 211 g/mol. The summed E-state index contributed by atoms with van der Waals surface area (Å²) in [5.74, 6) is 0.250. The molecule has 0 amide bonds. The Labute approximate surface area is 82.2 Å². The molecule has 0 spiro atoms. The number of aliphatic hydroxyl groups is 1. The maximum Gasteiger partial charge on any atom is 0.327 e. The van der Waals surface area contributed by atoms with E-state index in [2.05, 4.69) is 15.0 Å². The average Bonchev–Trinajstić information content (AvgIpc) is 2.60. The predicted molar refractivity (Wildman–Crippen MR) is 51.3 cm³/mol. The minimum atomic E-state index is -0.708. The fourth-order valence-electron chi connectivity index (χ4n) is 1.21. The number of H-pyrrole nitrogens is 3. The summed E-state index contributed by atoms with van der Waals surface area (Å²) in [5.41, 5.74) is 4.55. The van der Waals surface area contributed by atoms with Gasteiger partial charge in [-0.05, 0) is 0 Å². The lowest BCUT2D eigenvalue weighted by Crippen LogP contribution is -2.21. The molecule has 0 bridgehead atoms. The zero-order valence-electron chi connectivity index (χ0n) is 7.57. The van der Waals surface area contributed by atoms with Gasteiger partial charge in [0, 0.05) is 0 Å². The van der Waals surface area contributed by atoms with Crippen LogP contribution >= 0.6 is 0 Å². The second-order valence-electron chi connectivity index (χ2n) is 3.04. The Kier molecular flexibility index (Phi) is 2.14. The summed E-state index contributed by atoms with van der Waals surface area (Å²) in [6.45, 7) is -0.304. The normalized spacial score (nSPS) is 13.2. The molecule has 2 aromatic rings. The monoisotopic (exact) mass is 211 g/mol. The summed E-state index contributed by atoms with van der Waals surface area (Å²) >= 11 is 0. The first kappa shape index (κ1) is 9.62. The van der Waals surface area contributed by atoms with Crippen molar-refractivity contribution in [3.63, 3.8) is 0 Å². The van der Waals surface area contributed by atoms with E-state index in [9.17, 15) is 9.59 Å². The fraction of sp³-hybridized carbons (Fsp3) is 0.286. The van der Waals surface area contributed by atoms with Gasteiger partial charge >= 0.3 is 5.69 Å². The van der Waals surface area contributed by atoms with Gasteiger partial charge in [-0.2, -0.15) is 0 Å². The third-order valence-electron chi connectivity index (χ3n) is 1.96. The first-order valence-electron chi connectivity index (χ1n) is 4.20. The van der Waals surface area contributed by atoms with Crippen LogP contribution in [0.25, 0.3) is 11.2 Å². The number of imidazole rings is 1. The Morgan fingerprint density at radius 2 is 2.07 bits per heavy atom. The number of hydrogen-bond acceptors (Lipinski definition) is 5. The van der Waals surface area contributed by atoms with Crippen molar-refractivity contribution in [3.8, 4) is 0 Å². The number of fused-ring (bicyclic) bond motifs is 1. The van der Waals surface area contributed by atoms with Gasteiger partial charge in [-0.3, -0.25) is 14.8 Å². The number of nitrogens with one attached hydrogen (secondary N) is 3. The number of aromatic nitrogens is 4. The molecule has 2 aromatic heterocycles. The Bertz CT molecular complexity index is 594. The van der Waals surface area contributed by atoms with Crippen LogP contribution in [0.5, 0.6) is 0 Å². The number of nitrogens with two attached hydrogens (primary N) is 1. The highest BCUT2D eigenvalue weighted by atomic mass is 16.3. The van der Waals surface area contributed by atoms with Gasteiger partial charge < -0.3 is 15.8 Å². The molecular formula is C7H9N5O3. The lowest BCUT2D eigenvalue weighted by molar-refractivity contribution is 0.264. The molecule has 2 rings (SSSR count). The number of aromatic amines is 3. The number of rotatable bonds is 2. The maximum atomic E-state index is 11.3. The third-order valence-corrected chi connectivity index (χ3v) is 1.96. The van der Waals surface area contributed by atoms with Crippen molar-refractivity contribution in [3.05, 3.63) is 26.7 Å². The summed E-state index contributed by atoms with van der Waals surface area (Å²) in [6.07, 6.45) is 0. The van der Waals surface area contributed by atoms with E-state index in [1.54, 1.807) is 0 Å². The van der Waals surface area contributed by atoms with Crippen molar-refractivity contribution < 1.29 is 5.11 Å². The first-order chi connectivity index (χ1) is 7.11. The van der Waals surface area contributed by atoms with Crippen molar-refractivity contribution in [1.82, 2.24) is 19.9 Å². The van der Waals surface area contributed by atoms with Gasteiger partial charge in [0.15, 0.2) is 5.65 Å². The second kappa shape index (κ2) is 3.33. The minimum Gasteiger partial charge on any atom is -0.394 e. The predicted octanol–water partition coefficient (Wildman–Crippen LogP) is -2.07. The van der Waals surface area contributed by atoms with Crippen molar-refractivity contribution >= 4 is 11.2 Å². The molecule has 8 nitrogen and oxygen atoms in total. The quantitative estimate of drug-likeness (QED) is 0.388. The van der Waals surface area contributed by atoms with E-state index in [1.165, 1.54) is 0 Å². The van der Waals surface area contributed by atoms with Gasteiger partial charge in [-0.1, -0.05) is 0 Å². The topological polar surface area (TPSA) is 141 Å². The van der Waals surface area contributed by atoms with Gasteiger partial charge in [0.1, 0.15) is 11.3 Å². The van der Waals surface area contributed by atoms with Crippen LogP contribution < -0.4 is 17.0 Å². The van der Waals surface area contributed by atoms with Crippen molar-refractivity contribution in [2.45, 2.75) is 6.04 Å². The van der Waals surface area contributed by atoms with Gasteiger partial charge in [-0.15, -0.1) is 0 Å². The number of aliphatic hydroxyl groups excluding tert-OH is 1. The third kappa shape index (κ3) is 1.55. The molecule has 8 heteroatoms. The summed E-state index contributed by atoms with van der Waals surface area (Å²) in [6, 6.07) is -0.708. The molecule has 1 atom stereocenters. The fourth-order valence-corrected chi connectivity index (χ4v) is 1.21. The Morgan fingerprint density at radius 1 is 1.33 bits per heavy atom. The number of nitrogens with zero attached hydrogens (tertiary/aromatic N) is 1. The molecule has 15 heavy (non-hydrogen) atoms. The van der Waals surface area contributed by atoms with Gasteiger partial charge in [0.25, 0.3) is 5.56 Å². The largest absolute Gasteiger partial charge is 0.394 e. The highest BCUT2D eigenvalue weighted by Gasteiger charge is 2.12. The highest BCUT2D eigenvalue weighted by Crippen LogP contribution is 2.07. The second-order valence-corrected chi connectivity index (χ2v) is 3.04. The SMILES string of the molecule is NC(CO)c1nc2[nH]c(=O)[nH]c(=O)c2[nH]1. The summed E-state index contributed by atoms with van der Waals surface area (Å²) in [5, 5.41) is 8.79. The lowest BCUT2D eigenvalue weighted by atomic mass is 10.3. The van der Waals surface area contributed by atoms with E-state index in [4.69, 9.17) is 10.8 Å². The zero-order chi connectivity index (χ0) is 11.0. The molecule has 0 saturated heterocycles. The van der Waals surface area contributed by atoms with Crippen LogP contribution in [0.4, 0.5) is 0 Å². The standard InChI is InChI=1S/C7H9N5O3/c8-2(1-13)4-9-3-5(10-4)11-7(15)12-6(3)14/h2,13H,1,8H2,(H3,9,10,11,12,14,15). The van der Waals surface area contributed by atoms with E-state index < -0.39 is 17.3 Å². The van der Waals surface area contributed by atoms with Gasteiger partial charge in [0.2, 0.25) is 0 Å². The van der Waals surface area contributed by atoms with Crippen LogP contribution in [0.2, 0.25) is 0 Å². The summed E-state index contributed by atoms with van der Waals surface area (Å²) in [7, 11) is 0. The molecule has 0 aliphatic heterocycles. The molecule has 80 valence electrons. The van der Waals surface area contributed by atoms with Crippen molar-refractivity contribution in [1.29, 1.82) is 0 Å². The van der Waals surface area contributed by atoms with E-state index in [1.807, 2.05) is 4.98 Å². The number of hydrogen-bond donors (Lipinski definition) is 5. The van der Waals surface area contributed by atoms with Crippen LogP contribution in [0.1, 0.15) is 11.9 Å². The van der Waals surface area contributed by atoms with E-state index in [0.717, 1.165) is 0 Å². The summed E-state index contributed by atoms with van der Waals surface area (Å²) in [4.78, 5) is 33.1. The Hall–Kier alpha value is -1.93. The zero-order valence-corrected chi connectivity index (χ0v) is 7.57. The van der Waals surface area contributed by atoms with Crippen LogP contribution in [0.3, 0.4) is 0 Å². The van der Waals surface area contributed by atoms with Crippen molar-refractivity contribution in [2.75, 3.05) is 6.61 Å². The van der Waals surface area contributed by atoms with E-state index in [-0.39, 0.29) is 23.6 Å². The molecule has 0 aromatic carbocycles. The Morgan fingerprint density at radius 3 is 2.73 bits per heavy atom. The van der Waals surface area contributed by atoms with E-state index >= 15 is 0 Å². The van der Waals surface area contributed by atoms with Crippen molar-refractivity contribution in [2.24, 2.45) is 5.73 Å². The molecule has 0 aliphatic carbocycles. The molecule has 0 saturated carbocycles. The molecule has 0 fully saturated rings. The van der Waals surface area contributed by atoms with E-state index in [0.29, 0.717) is 0 Å². The molecule has 1 unspecified atom stereocenters. The molecule has 6 N–H and O–H groups in total. The highest BCUT2D eigenvalue weighted by molar-refractivity contribution is 5.68. The molecule has 0 aliphatic rings. The molecular weight excluding hydrogens is 202 g/mol. The van der Waals surface area contributed by atoms with Crippen LogP contribution in [-0.2, 0) is 0 Å². The molecule has 2 heterocycles. The molecule has 0 radical (unpaired) electrons. The van der Waals surface area contributed by atoms with Gasteiger partial charge in [-0.25, -0.2) is 9.78 Å². The maximum absolute atomic E-state index is 11.3. The summed E-state index contributed by atoms with van der Waals surface area (Å²) < 4.78 is 0. The van der Waals surface area contributed by atoms with Crippen LogP contribution in [0.15, 0.2) is 9.59 Å². The van der Waals surface area contributed by atoms with Crippen LogP contribution in [-0.4, -0.2) is 31.6 Å². The lowest BCUT2D eigenvalue weighted by Gasteiger charge is -2.01. The van der Waals surface area contributed by atoms with Gasteiger partial charge in [0.05, 0.1) is 12.6 Å². The first-order valence-corrected chi connectivity index (χ1v) is 4.20. The minimum absolute atomic E-state index is 0.127.